The lowest BCUT2D eigenvalue weighted by Gasteiger charge is -2.15. The Balaban J connectivity index is 2.15. The largest absolute Gasteiger partial charge is 0.494 e. The van der Waals surface area contributed by atoms with E-state index in [1.165, 1.54) is 19.2 Å². The van der Waals surface area contributed by atoms with Crippen LogP contribution < -0.4 is 10.1 Å². The summed E-state index contributed by atoms with van der Waals surface area (Å²) in [5, 5.41) is 2.53. The Kier molecular flexibility index (Phi) is 4.70. The lowest BCUT2D eigenvalue weighted by atomic mass is 10.1. The molecule has 0 heterocycles. The van der Waals surface area contributed by atoms with Crippen LogP contribution in [-0.2, 0) is 0 Å². The second-order valence-electron chi connectivity index (χ2n) is 4.71. The number of rotatable bonds is 4. The number of amides is 1. The zero-order chi connectivity index (χ0) is 16.3. The summed E-state index contributed by atoms with van der Waals surface area (Å²) < 4.78 is 44.8. The summed E-state index contributed by atoms with van der Waals surface area (Å²) in [4.78, 5) is 12.0. The van der Waals surface area contributed by atoms with E-state index in [2.05, 4.69) is 5.32 Å². The lowest BCUT2D eigenvalue weighted by molar-refractivity contribution is 0.0935. The van der Waals surface area contributed by atoms with E-state index in [1.54, 1.807) is 13.0 Å². The summed E-state index contributed by atoms with van der Waals surface area (Å²) >= 11 is 0. The van der Waals surface area contributed by atoms with Crippen molar-refractivity contribution in [3.05, 3.63) is 65.0 Å². The quantitative estimate of drug-likeness (QED) is 0.937. The van der Waals surface area contributed by atoms with Crippen LogP contribution in [0.5, 0.6) is 5.75 Å². The van der Waals surface area contributed by atoms with Gasteiger partial charge in [0.25, 0.3) is 5.91 Å². The van der Waals surface area contributed by atoms with Crippen molar-refractivity contribution in [2.75, 3.05) is 7.11 Å². The maximum atomic E-state index is 13.6. The lowest BCUT2D eigenvalue weighted by Crippen LogP contribution is -2.27. The second-order valence-corrected chi connectivity index (χ2v) is 4.71. The molecule has 0 aliphatic heterocycles. The number of hydrogen-bond acceptors (Lipinski definition) is 2. The molecule has 2 aromatic rings. The van der Waals surface area contributed by atoms with E-state index < -0.39 is 29.4 Å². The number of ether oxygens (including phenoxy) is 1. The van der Waals surface area contributed by atoms with E-state index in [0.29, 0.717) is 11.6 Å². The number of halogens is 3. The molecule has 0 radical (unpaired) electrons. The number of hydrogen-bond donors (Lipinski definition) is 1. The van der Waals surface area contributed by atoms with Crippen LogP contribution in [0.3, 0.4) is 0 Å². The van der Waals surface area contributed by atoms with Crippen molar-refractivity contribution < 1.29 is 22.7 Å². The molecule has 0 aliphatic rings. The molecule has 0 bridgehead atoms. The van der Waals surface area contributed by atoms with Gasteiger partial charge in [0, 0.05) is 6.07 Å². The summed E-state index contributed by atoms with van der Waals surface area (Å²) in [6, 6.07) is 6.38. The van der Waals surface area contributed by atoms with Gasteiger partial charge in [-0.15, -0.1) is 0 Å². The van der Waals surface area contributed by atoms with Crippen LogP contribution in [-0.4, -0.2) is 13.0 Å². The van der Waals surface area contributed by atoms with E-state index in [0.717, 1.165) is 12.1 Å². The molecule has 1 atom stereocenters. The topological polar surface area (TPSA) is 38.3 Å². The third-order valence-corrected chi connectivity index (χ3v) is 3.20. The Morgan fingerprint density at radius 2 is 1.82 bits per heavy atom. The van der Waals surface area contributed by atoms with Crippen molar-refractivity contribution >= 4 is 5.91 Å². The molecule has 22 heavy (non-hydrogen) atoms. The van der Waals surface area contributed by atoms with Crippen molar-refractivity contribution in [3.63, 3.8) is 0 Å². The van der Waals surface area contributed by atoms with Crippen molar-refractivity contribution in [1.29, 1.82) is 0 Å². The van der Waals surface area contributed by atoms with Crippen LogP contribution >= 0.6 is 0 Å². The van der Waals surface area contributed by atoms with Gasteiger partial charge < -0.3 is 10.1 Å². The minimum atomic E-state index is -0.953. The highest BCUT2D eigenvalue weighted by Gasteiger charge is 2.16. The van der Waals surface area contributed by atoms with Crippen LogP contribution in [0.15, 0.2) is 36.4 Å². The van der Waals surface area contributed by atoms with Gasteiger partial charge in [-0.05, 0) is 36.8 Å². The van der Waals surface area contributed by atoms with Crippen molar-refractivity contribution in [2.45, 2.75) is 13.0 Å². The van der Waals surface area contributed by atoms with Crippen LogP contribution in [0.4, 0.5) is 13.2 Å². The maximum absolute atomic E-state index is 13.6. The Bertz CT molecular complexity index is 704. The van der Waals surface area contributed by atoms with E-state index in [1.807, 2.05) is 0 Å². The molecule has 1 N–H and O–H groups in total. The molecule has 0 unspecified atom stereocenters. The average Bonchev–Trinajstić information content (AvgIpc) is 2.46. The Hall–Kier alpha value is -2.50. The summed E-state index contributed by atoms with van der Waals surface area (Å²) in [5.41, 5.74) is 0.219. The highest BCUT2D eigenvalue weighted by Crippen LogP contribution is 2.22. The van der Waals surface area contributed by atoms with Crippen LogP contribution in [0.1, 0.15) is 28.9 Å². The fourth-order valence-corrected chi connectivity index (χ4v) is 1.98. The van der Waals surface area contributed by atoms with Gasteiger partial charge in [0.15, 0.2) is 11.6 Å². The van der Waals surface area contributed by atoms with Gasteiger partial charge in [0.1, 0.15) is 11.6 Å². The summed E-state index contributed by atoms with van der Waals surface area (Å²) in [6.45, 7) is 1.63. The molecular formula is C16H14F3NO2. The molecule has 116 valence electrons. The first-order valence-electron chi connectivity index (χ1n) is 6.51. The maximum Gasteiger partial charge on any atom is 0.254 e. The third-order valence-electron chi connectivity index (χ3n) is 3.20. The number of methoxy groups -OCH3 is 1. The number of nitrogens with one attached hydrogen (secondary N) is 1. The van der Waals surface area contributed by atoms with Gasteiger partial charge in [-0.1, -0.05) is 6.07 Å². The van der Waals surface area contributed by atoms with Gasteiger partial charge in [0.05, 0.1) is 18.7 Å². The van der Waals surface area contributed by atoms with E-state index >= 15 is 0 Å². The average molecular weight is 309 g/mol. The van der Waals surface area contributed by atoms with Gasteiger partial charge in [-0.25, -0.2) is 13.2 Å². The number of benzene rings is 2. The Labute approximate surface area is 125 Å². The first-order valence-corrected chi connectivity index (χ1v) is 6.51. The second kappa shape index (κ2) is 6.51. The van der Waals surface area contributed by atoms with Crippen molar-refractivity contribution in [1.82, 2.24) is 5.32 Å². The standard InChI is InChI=1S/C16H14F3NO2/c1-9(10-3-6-15(22-2)14(19)7-10)20-16(21)12-5-4-11(17)8-13(12)18/h3-9H,1-2H3,(H,20,21)/t9-/m1/s1. The zero-order valence-electron chi connectivity index (χ0n) is 12.0. The summed E-state index contributed by atoms with van der Waals surface area (Å²) in [7, 11) is 1.35. The number of carbonyl (C=O) groups is 1. The molecule has 0 saturated heterocycles. The van der Waals surface area contributed by atoms with Crippen LogP contribution in [0.25, 0.3) is 0 Å². The molecule has 2 rings (SSSR count). The zero-order valence-corrected chi connectivity index (χ0v) is 12.0. The van der Waals surface area contributed by atoms with Gasteiger partial charge in [-0.2, -0.15) is 0 Å². The number of carbonyl (C=O) groups excluding carboxylic acids is 1. The van der Waals surface area contributed by atoms with Crippen LogP contribution in [0.2, 0.25) is 0 Å². The molecule has 6 heteroatoms. The molecule has 0 aromatic heterocycles. The fraction of sp³-hybridized carbons (Fsp3) is 0.188. The third kappa shape index (κ3) is 3.39. The summed E-state index contributed by atoms with van der Waals surface area (Å²) in [5.74, 6) is -2.90. The molecular weight excluding hydrogens is 295 g/mol. The monoisotopic (exact) mass is 309 g/mol. The first-order chi connectivity index (χ1) is 10.4. The molecule has 0 fully saturated rings. The van der Waals surface area contributed by atoms with E-state index in [4.69, 9.17) is 4.74 Å². The predicted octanol–water partition coefficient (Wildman–Crippen LogP) is 3.60. The van der Waals surface area contributed by atoms with E-state index in [-0.39, 0.29) is 11.3 Å². The first kappa shape index (κ1) is 15.9. The van der Waals surface area contributed by atoms with Crippen molar-refractivity contribution in [3.8, 4) is 5.75 Å². The van der Waals surface area contributed by atoms with Crippen LogP contribution in [0, 0.1) is 17.5 Å². The molecule has 0 aliphatic carbocycles. The minimum absolute atomic E-state index is 0.0897. The highest BCUT2D eigenvalue weighted by atomic mass is 19.1. The molecule has 0 saturated carbocycles. The SMILES string of the molecule is COc1ccc([C@@H](C)NC(=O)c2ccc(F)cc2F)cc1F. The Morgan fingerprint density at radius 1 is 1.09 bits per heavy atom. The molecule has 1 amide bonds. The van der Waals surface area contributed by atoms with Gasteiger partial charge in [-0.3, -0.25) is 4.79 Å². The van der Waals surface area contributed by atoms with Crippen molar-refractivity contribution in [2.24, 2.45) is 0 Å². The van der Waals surface area contributed by atoms with E-state index in [9.17, 15) is 18.0 Å². The smallest absolute Gasteiger partial charge is 0.254 e. The minimum Gasteiger partial charge on any atom is -0.494 e. The fourth-order valence-electron chi connectivity index (χ4n) is 1.98. The highest BCUT2D eigenvalue weighted by molar-refractivity contribution is 5.94. The molecule has 0 spiro atoms. The normalized spacial score (nSPS) is 11.9. The van der Waals surface area contributed by atoms with Gasteiger partial charge >= 0.3 is 0 Å². The molecule has 2 aromatic carbocycles. The van der Waals surface area contributed by atoms with Gasteiger partial charge in [0.2, 0.25) is 0 Å². The summed E-state index contributed by atoms with van der Waals surface area (Å²) in [6.07, 6.45) is 0. The predicted molar refractivity (Wildman–Crippen MR) is 75.2 cm³/mol. The Morgan fingerprint density at radius 3 is 2.41 bits per heavy atom. The molecule has 3 nitrogen and oxygen atoms in total.